The standard InChI is InChI=1S/C26H33N3O4/c30-24(27-22-7-2-1-5-19(22)14-21-6-4-12-33-21)10-11-25(31)28-15-18-13-20(17-28)23-8-3-9-26(32)29(23)16-18/h3-4,6,8-9,12,18-20,22H,1-2,5,7,10-11,13-17H2,(H,27,30)/t18-,19-,20-,22+/m0/s1. The van der Waals surface area contributed by atoms with Gasteiger partial charge < -0.3 is 19.2 Å². The molecule has 176 valence electrons. The van der Waals surface area contributed by atoms with Gasteiger partial charge in [-0.05, 0) is 49.3 Å². The molecule has 2 fully saturated rings. The number of rotatable bonds is 6. The van der Waals surface area contributed by atoms with Crippen LogP contribution >= 0.6 is 0 Å². The first kappa shape index (κ1) is 22.0. The van der Waals surface area contributed by atoms with Crippen LogP contribution in [0, 0.1) is 11.8 Å². The molecule has 0 aromatic carbocycles. The molecule has 7 nitrogen and oxygen atoms in total. The summed E-state index contributed by atoms with van der Waals surface area (Å²) in [5, 5.41) is 3.21. The summed E-state index contributed by atoms with van der Waals surface area (Å²) in [6.07, 6.45) is 8.41. The second kappa shape index (κ2) is 9.57. The van der Waals surface area contributed by atoms with E-state index in [2.05, 4.69) is 5.32 Å². The van der Waals surface area contributed by atoms with Gasteiger partial charge in [0.15, 0.2) is 0 Å². The summed E-state index contributed by atoms with van der Waals surface area (Å²) < 4.78 is 7.39. The molecule has 5 rings (SSSR count). The fourth-order valence-corrected chi connectivity index (χ4v) is 6.09. The number of nitrogens with one attached hydrogen (secondary N) is 1. The fraction of sp³-hybridized carbons (Fsp3) is 0.577. The minimum absolute atomic E-state index is 0.0335. The number of pyridine rings is 1. The van der Waals surface area contributed by atoms with Gasteiger partial charge in [0.1, 0.15) is 5.76 Å². The number of furan rings is 1. The van der Waals surface area contributed by atoms with E-state index in [1.165, 1.54) is 6.42 Å². The molecule has 2 amide bonds. The van der Waals surface area contributed by atoms with Crippen LogP contribution in [0.4, 0.5) is 0 Å². The Kier molecular flexibility index (Phi) is 6.38. The number of nitrogens with zero attached hydrogens (tertiary/aromatic N) is 2. The monoisotopic (exact) mass is 451 g/mol. The van der Waals surface area contributed by atoms with E-state index in [9.17, 15) is 14.4 Å². The molecule has 4 heterocycles. The topological polar surface area (TPSA) is 84.5 Å². The molecule has 1 saturated carbocycles. The molecule has 0 unspecified atom stereocenters. The molecular weight excluding hydrogens is 418 g/mol. The van der Waals surface area contributed by atoms with Crippen molar-refractivity contribution in [1.29, 1.82) is 0 Å². The Labute approximate surface area is 194 Å². The summed E-state index contributed by atoms with van der Waals surface area (Å²) in [7, 11) is 0. The second-order valence-electron chi connectivity index (χ2n) is 10.00. The number of fused-ring (bicyclic) bond motifs is 4. The summed E-state index contributed by atoms with van der Waals surface area (Å²) in [5.41, 5.74) is 1.08. The molecule has 2 aromatic rings. The van der Waals surface area contributed by atoms with Gasteiger partial charge in [-0.25, -0.2) is 0 Å². The summed E-state index contributed by atoms with van der Waals surface area (Å²) in [4.78, 5) is 39.8. The number of hydrogen-bond donors (Lipinski definition) is 1. The van der Waals surface area contributed by atoms with Crippen molar-refractivity contribution < 1.29 is 14.0 Å². The molecule has 1 saturated heterocycles. The largest absolute Gasteiger partial charge is 0.469 e. The highest BCUT2D eigenvalue weighted by Gasteiger charge is 2.36. The molecule has 2 aromatic heterocycles. The minimum atomic E-state index is -0.0335. The molecule has 1 aliphatic carbocycles. The van der Waals surface area contributed by atoms with E-state index in [1.807, 2.05) is 33.7 Å². The van der Waals surface area contributed by atoms with Crippen molar-refractivity contribution in [3.05, 3.63) is 58.4 Å². The van der Waals surface area contributed by atoms with E-state index in [1.54, 1.807) is 12.3 Å². The maximum absolute atomic E-state index is 12.9. The lowest BCUT2D eigenvalue weighted by Gasteiger charge is -2.42. The first-order valence-electron chi connectivity index (χ1n) is 12.4. The Morgan fingerprint density at radius 3 is 2.76 bits per heavy atom. The zero-order valence-electron chi connectivity index (χ0n) is 19.1. The van der Waals surface area contributed by atoms with Crippen molar-refractivity contribution in [2.45, 2.75) is 69.9 Å². The van der Waals surface area contributed by atoms with Crippen LogP contribution in [0.5, 0.6) is 0 Å². The van der Waals surface area contributed by atoms with Crippen molar-refractivity contribution >= 4 is 11.8 Å². The van der Waals surface area contributed by atoms with Crippen LogP contribution in [0.25, 0.3) is 0 Å². The van der Waals surface area contributed by atoms with E-state index >= 15 is 0 Å². The van der Waals surface area contributed by atoms with Crippen molar-refractivity contribution in [3.63, 3.8) is 0 Å². The van der Waals surface area contributed by atoms with E-state index < -0.39 is 0 Å². The number of likely N-dealkylation sites (tertiary alicyclic amines) is 1. The average Bonchev–Trinajstić information content (AvgIpc) is 3.32. The van der Waals surface area contributed by atoms with Gasteiger partial charge in [-0.2, -0.15) is 0 Å². The third-order valence-corrected chi connectivity index (χ3v) is 7.70. The van der Waals surface area contributed by atoms with Gasteiger partial charge in [0.05, 0.1) is 6.26 Å². The lowest BCUT2D eigenvalue weighted by atomic mass is 9.81. The molecule has 7 heteroatoms. The molecule has 2 aliphatic heterocycles. The molecule has 0 spiro atoms. The van der Waals surface area contributed by atoms with Crippen LogP contribution in [0.1, 0.15) is 62.3 Å². The van der Waals surface area contributed by atoms with Crippen LogP contribution in [-0.4, -0.2) is 40.4 Å². The number of piperidine rings is 1. The number of hydrogen-bond acceptors (Lipinski definition) is 4. The maximum atomic E-state index is 12.9. The van der Waals surface area contributed by atoms with Crippen LogP contribution < -0.4 is 10.9 Å². The quantitative estimate of drug-likeness (QED) is 0.732. The van der Waals surface area contributed by atoms with Gasteiger partial charge in [-0.1, -0.05) is 18.9 Å². The first-order valence-corrected chi connectivity index (χ1v) is 12.4. The normalized spacial score (nSPS) is 26.5. The average molecular weight is 452 g/mol. The molecular formula is C26H33N3O4. The van der Waals surface area contributed by atoms with Crippen molar-refractivity contribution in [3.8, 4) is 0 Å². The molecule has 4 atom stereocenters. The summed E-state index contributed by atoms with van der Waals surface area (Å²) in [5.74, 6) is 1.87. The molecule has 3 aliphatic rings. The zero-order valence-corrected chi connectivity index (χ0v) is 19.1. The van der Waals surface area contributed by atoms with Crippen molar-refractivity contribution in [1.82, 2.24) is 14.8 Å². The van der Waals surface area contributed by atoms with Crippen LogP contribution in [-0.2, 0) is 22.6 Å². The van der Waals surface area contributed by atoms with Gasteiger partial charge in [-0.15, -0.1) is 0 Å². The summed E-state index contributed by atoms with van der Waals surface area (Å²) >= 11 is 0. The summed E-state index contributed by atoms with van der Waals surface area (Å²) in [6.45, 7) is 1.98. The molecule has 2 bridgehead atoms. The Morgan fingerprint density at radius 1 is 1.03 bits per heavy atom. The third kappa shape index (κ3) is 4.92. The van der Waals surface area contributed by atoms with E-state index in [4.69, 9.17) is 4.42 Å². The first-order chi connectivity index (χ1) is 16.1. The maximum Gasteiger partial charge on any atom is 0.250 e. The van der Waals surface area contributed by atoms with Gasteiger partial charge in [-0.3, -0.25) is 14.4 Å². The zero-order chi connectivity index (χ0) is 22.8. The third-order valence-electron chi connectivity index (χ3n) is 7.70. The molecule has 1 N–H and O–H groups in total. The Hall–Kier alpha value is -2.83. The predicted molar refractivity (Wildman–Crippen MR) is 124 cm³/mol. The van der Waals surface area contributed by atoms with E-state index in [-0.39, 0.29) is 42.2 Å². The highest BCUT2D eigenvalue weighted by molar-refractivity contribution is 5.84. The SMILES string of the molecule is O=C(CCC(=O)N1C[C@@H]2C[C@@H](C1)c1cccc(=O)n1C2)N[C@@H]1CCCC[C@H]1Cc1ccco1. The number of aromatic nitrogens is 1. The van der Waals surface area contributed by atoms with Crippen molar-refractivity contribution in [2.75, 3.05) is 13.1 Å². The van der Waals surface area contributed by atoms with Gasteiger partial charge >= 0.3 is 0 Å². The summed E-state index contributed by atoms with van der Waals surface area (Å²) in [6, 6.07) is 9.47. The van der Waals surface area contributed by atoms with Gasteiger partial charge in [0, 0.05) is 62.6 Å². The number of carbonyl (C=O) groups excluding carboxylic acids is 2. The van der Waals surface area contributed by atoms with Gasteiger partial charge in [0.25, 0.3) is 5.56 Å². The Balaban J connectivity index is 1.13. The minimum Gasteiger partial charge on any atom is -0.469 e. The van der Waals surface area contributed by atoms with Gasteiger partial charge in [0.2, 0.25) is 11.8 Å². The van der Waals surface area contributed by atoms with Crippen LogP contribution in [0.15, 0.2) is 45.8 Å². The highest BCUT2D eigenvalue weighted by Crippen LogP contribution is 2.35. The molecule has 0 radical (unpaired) electrons. The lowest BCUT2D eigenvalue weighted by Crippen LogP contribution is -2.49. The van der Waals surface area contributed by atoms with Crippen LogP contribution in [0.2, 0.25) is 0 Å². The Morgan fingerprint density at radius 2 is 1.91 bits per heavy atom. The fourth-order valence-electron chi connectivity index (χ4n) is 6.09. The van der Waals surface area contributed by atoms with Crippen LogP contribution in [0.3, 0.4) is 0 Å². The van der Waals surface area contributed by atoms with E-state index in [0.29, 0.717) is 31.5 Å². The molecule has 33 heavy (non-hydrogen) atoms. The number of amides is 2. The smallest absolute Gasteiger partial charge is 0.250 e. The van der Waals surface area contributed by atoms with E-state index in [0.717, 1.165) is 43.6 Å². The Bertz CT molecular complexity index is 1040. The van der Waals surface area contributed by atoms with Crippen molar-refractivity contribution in [2.24, 2.45) is 11.8 Å². The number of carbonyl (C=O) groups is 2. The highest BCUT2D eigenvalue weighted by atomic mass is 16.3. The predicted octanol–water partition coefficient (Wildman–Crippen LogP) is 3.08. The second-order valence-corrected chi connectivity index (χ2v) is 10.00. The lowest BCUT2D eigenvalue weighted by molar-refractivity contribution is -0.136.